The summed E-state index contributed by atoms with van der Waals surface area (Å²) in [5, 5.41) is 3.83. The van der Waals surface area contributed by atoms with Gasteiger partial charge in [0.05, 0.1) is 30.6 Å². The molecule has 2 aromatic rings. The quantitative estimate of drug-likeness (QED) is 0.337. The third kappa shape index (κ3) is 7.19. The first-order valence-electron chi connectivity index (χ1n) is 14.1. The second-order valence-corrected chi connectivity index (χ2v) is 11.0. The summed E-state index contributed by atoms with van der Waals surface area (Å²) in [6.45, 7) is 8.85. The Morgan fingerprint density at radius 1 is 1.15 bits per heavy atom. The summed E-state index contributed by atoms with van der Waals surface area (Å²) < 4.78 is 11.6. The number of likely N-dealkylation sites (tertiary alicyclic amines) is 1. The van der Waals surface area contributed by atoms with Crippen LogP contribution in [0, 0.1) is 17.8 Å². The van der Waals surface area contributed by atoms with E-state index in [9.17, 15) is 14.4 Å². The van der Waals surface area contributed by atoms with E-state index in [2.05, 4.69) is 31.1 Å². The number of carbonyl (C=O) groups is 3. The van der Waals surface area contributed by atoms with Gasteiger partial charge >= 0.3 is 0 Å². The van der Waals surface area contributed by atoms with Crippen molar-refractivity contribution in [2.75, 3.05) is 20.8 Å². The second kappa shape index (κ2) is 13.9. The number of nitrogens with zero attached hydrogens (tertiary/aromatic N) is 1. The first-order chi connectivity index (χ1) is 18.6. The summed E-state index contributed by atoms with van der Waals surface area (Å²) in [4.78, 5) is 44.2. The number of rotatable bonds is 14. The zero-order chi connectivity index (χ0) is 28.7. The molecule has 39 heavy (non-hydrogen) atoms. The summed E-state index contributed by atoms with van der Waals surface area (Å²) in [7, 11) is 3.23. The molecule has 1 saturated heterocycles. The summed E-state index contributed by atoms with van der Waals surface area (Å²) in [5.74, 6) is -0.830. The number of H-pyrrole nitrogens is 1. The monoisotopic (exact) mass is 542 g/mol. The number of ether oxygens (including phenoxy) is 2. The molecule has 0 radical (unpaired) electrons. The Kier molecular flexibility index (Phi) is 10.9. The molecule has 0 bridgehead atoms. The average molecular weight is 543 g/mol. The van der Waals surface area contributed by atoms with Gasteiger partial charge in [-0.05, 0) is 36.3 Å². The maximum absolute atomic E-state index is 13.4. The Balaban J connectivity index is 1.69. The van der Waals surface area contributed by atoms with Gasteiger partial charge in [-0.1, -0.05) is 52.3 Å². The van der Waals surface area contributed by atoms with Crippen molar-refractivity contribution in [1.82, 2.24) is 15.2 Å². The predicted octanol–water partition coefficient (Wildman–Crippen LogP) is 3.41. The molecule has 1 fully saturated rings. The summed E-state index contributed by atoms with van der Waals surface area (Å²) >= 11 is 0. The number of fused-ring (bicyclic) bond motifs is 1. The molecule has 0 spiro atoms. The molecule has 1 aliphatic rings. The normalized spacial score (nSPS) is 20.3. The molecule has 0 saturated carbocycles. The van der Waals surface area contributed by atoms with Crippen molar-refractivity contribution < 1.29 is 23.9 Å². The number of aromatic nitrogens is 1. The van der Waals surface area contributed by atoms with Gasteiger partial charge in [-0.3, -0.25) is 14.4 Å². The zero-order valence-corrected chi connectivity index (χ0v) is 24.2. The molecule has 4 N–H and O–H groups in total. The van der Waals surface area contributed by atoms with Crippen LogP contribution in [-0.4, -0.2) is 72.7 Å². The molecule has 3 amide bonds. The molecule has 9 nitrogen and oxygen atoms in total. The molecule has 1 aromatic carbocycles. The highest BCUT2D eigenvalue weighted by Crippen LogP contribution is 2.29. The van der Waals surface area contributed by atoms with Gasteiger partial charge in [0.2, 0.25) is 17.7 Å². The molecule has 1 aromatic heterocycles. The van der Waals surface area contributed by atoms with Crippen LogP contribution < -0.4 is 11.1 Å². The van der Waals surface area contributed by atoms with Crippen LogP contribution in [0.4, 0.5) is 0 Å². The average Bonchev–Trinajstić information content (AvgIpc) is 3.58. The Morgan fingerprint density at radius 3 is 2.51 bits per heavy atom. The number of carbonyl (C=O) groups excluding carboxylic acids is 3. The van der Waals surface area contributed by atoms with Gasteiger partial charge < -0.3 is 30.4 Å². The Hall–Kier alpha value is -2.91. The maximum Gasteiger partial charge on any atom is 0.240 e. The lowest BCUT2D eigenvalue weighted by Crippen LogP contribution is -2.53. The molecule has 3 rings (SSSR count). The highest BCUT2D eigenvalue weighted by atomic mass is 16.5. The minimum absolute atomic E-state index is 0.0171. The number of hydrogen-bond donors (Lipinski definition) is 3. The number of methoxy groups -OCH3 is 2. The number of primary amides is 1. The van der Waals surface area contributed by atoms with Crippen LogP contribution in [0.25, 0.3) is 10.9 Å². The van der Waals surface area contributed by atoms with E-state index < -0.39 is 24.0 Å². The molecule has 216 valence electrons. The largest absolute Gasteiger partial charge is 0.381 e. The van der Waals surface area contributed by atoms with E-state index in [0.29, 0.717) is 18.9 Å². The molecule has 4 unspecified atom stereocenters. The molecule has 1 aliphatic heterocycles. The molecular formula is C30H46N4O5. The van der Waals surface area contributed by atoms with Crippen molar-refractivity contribution in [2.24, 2.45) is 23.5 Å². The number of amides is 3. The Labute approximate surface area is 232 Å². The van der Waals surface area contributed by atoms with E-state index in [0.717, 1.165) is 35.7 Å². The van der Waals surface area contributed by atoms with Gasteiger partial charge in [0, 0.05) is 44.3 Å². The number of hydrogen-bond acceptors (Lipinski definition) is 5. The summed E-state index contributed by atoms with van der Waals surface area (Å²) in [6, 6.07) is 6.67. The number of para-hydroxylation sites is 1. The predicted molar refractivity (Wildman–Crippen MR) is 152 cm³/mol. The van der Waals surface area contributed by atoms with Crippen molar-refractivity contribution in [3.63, 3.8) is 0 Å². The fourth-order valence-corrected chi connectivity index (χ4v) is 5.85. The van der Waals surface area contributed by atoms with Crippen molar-refractivity contribution >= 4 is 28.6 Å². The topological polar surface area (TPSA) is 127 Å². The standard InChI is InChI=1S/C30H46N4O5/c1-7-18(2)19(3)26(38-5)16-27(35)34-14-10-13-25(34)28(39-6)20(4)30(37)33-24(29(31)36)15-21-17-32-23-12-9-8-11-22(21)23/h8-9,11-12,17-20,24-26,28,32H,7,10,13-16H2,1-6H3,(H2,31,36)(H,33,37)/t18?,19-,20?,24-,25-,26?,28?/m0/s1. The van der Waals surface area contributed by atoms with Crippen LogP contribution in [0.15, 0.2) is 30.5 Å². The number of benzene rings is 1. The Bertz CT molecular complexity index is 1120. The van der Waals surface area contributed by atoms with Crippen LogP contribution in [0.2, 0.25) is 0 Å². The van der Waals surface area contributed by atoms with Gasteiger partial charge in [-0.25, -0.2) is 0 Å². The van der Waals surface area contributed by atoms with E-state index >= 15 is 0 Å². The van der Waals surface area contributed by atoms with Crippen LogP contribution >= 0.6 is 0 Å². The third-order valence-corrected chi connectivity index (χ3v) is 8.74. The van der Waals surface area contributed by atoms with Gasteiger partial charge in [0.1, 0.15) is 6.04 Å². The van der Waals surface area contributed by atoms with E-state index in [1.54, 1.807) is 21.1 Å². The van der Waals surface area contributed by atoms with E-state index in [4.69, 9.17) is 15.2 Å². The molecule has 2 heterocycles. The maximum atomic E-state index is 13.4. The smallest absolute Gasteiger partial charge is 0.240 e. The molecule has 7 atom stereocenters. The highest BCUT2D eigenvalue weighted by Gasteiger charge is 2.41. The van der Waals surface area contributed by atoms with Gasteiger partial charge in [0.15, 0.2) is 0 Å². The van der Waals surface area contributed by atoms with Crippen molar-refractivity contribution in [1.29, 1.82) is 0 Å². The first-order valence-corrected chi connectivity index (χ1v) is 14.1. The highest BCUT2D eigenvalue weighted by molar-refractivity contribution is 5.89. The van der Waals surface area contributed by atoms with Gasteiger partial charge in [-0.15, -0.1) is 0 Å². The second-order valence-electron chi connectivity index (χ2n) is 11.0. The van der Waals surface area contributed by atoms with E-state index in [-0.39, 0.29) is 36.3 Å². The fraction of sp³-hybridized carbons (Fsp3) is 0.633. The molecule has 0 aliphatic carbocycles. The minimum Gasteiger partial charge on any atom is -0.381 e. The molecular weight excluding hydrogens is 496 g/mol. The number of aromatic amines is 1. The summed E-state index contributed by atoms with van der Waals surface area (Å²) in [5.41, 5.74) is 7.55. The minimum atomic E-state index is -0.873. The molecule has 9 heteroatoms. The van der Waals surface area contributed by atoms with Crippen LogP contribution in [0.1, 0.15) is 58.9 Å². The lowest BCUT2D eigenvalue weighted by molar-refractivity contribution is -0.143. The van der Waals surface area contributed by atoms with Gasteiger partial charge in [0.25, 0.3) is 0 Å². The first kappa shape index (κ1) is 30.6. The van der Waals surface area contributed by atoms with Crippen molar-refractivity contribution in [3.05, 3.63) is 36.0 Å². The van der Waals surface area contributed by atoms with E-state index in [1.165, 1.54) is 0 Å². The number of nitrogens with two attached hydrogens (primary N) is 1. The lowest BCUT2D eigenvalue weighted by atomic mass is 9.87. The summed E-state index contributed by atoms with van der Waals surface area (Å²) in [6.07, 6.45) is 4.32. The Morgan fingerprint density at radius 2 is 1.87 bits per heavy atom. The SMILES string of the molecule is CCC(C)[C@H](C)C(CC(=O)N1CCC[C@H]1C(OC)C(C)C(=O)N[C@@H](Cc1c[nH]c2ccccc12)C(N)=O)OC. The fourth-order valence-electron chi connectivity index (χ4n) is 5.85. The van der Waals surface area contributed by atoms with Crippen molar-refractivity contribution in [2.45, 2.75) is 84.1 Å². The third-order valence-electron chi connectivity index (χ3n) is 8.74. The van der Waals surface area contributed by atoms with E-state index in [1.807, 2.05) is 35.4 Å². The van der Waals surface area contributed by atoms with Crippen LogP contribution in [-0.2, 0) is 30.3 Å². The number of nitrogens with one attached hydrogen (secondary N) is 2. The van der Waals surface area contributed by atoms with Crippen LogP contribution in [0.5, 0.6) is 0 Å². The van der Waals surface area contributed by atoms with Gasteiger partial charge in [-0.2, -0.15) is 0 Å². The van der Waals surface area contributed by atoms with Crippen molar-refractivity contribution in [3.8, 4) is 0 Å². The zero-order valence-electron chi connectivity index (χ0n) is 24.2. The lowest BCUT2D eigenvalue weighted by Gasteiger charge is -2.35. The van der Waals surface area contributed by atoms with Crippen LogP contribution in [0.3, 0.4) is 0 Å².